The summed E-state index contributed by atoms with van der Waals surface area (Å²) in [7, 11) is -3.96. The number of hydrogen-bond donors (Lipinski definition) is 1. The Morgan fingerprint density at radius 1 is 1.32 bits per heavy atom. The number of sulfonamides is 1. The summed E-state index contributed by atoms with van der Waals surface area (Å²) in [5, 5.41) is 17.5. The SMILES string of the molecule is CC(C)C(C#N)NS(=O)(=O)c1ccc(F)c(C#N)c1. The van der Waals surface area contributed by atoms with Gasteiger partial charge in [0.15, 0.2) is 0 Å². The summed E-state index contributed by atoms with van der Waals surface area (Å²) in [4.78, 5) is -0.244. The number of hydrogen-bond acceptors (Lipinski definition) is 4. The minimum atomic E-state index is -3.96. The number of rotatable bonds is 4. The number of benzene rings is 1. The van der Waals surface area contributed by atoms with E-state index < -0.39 is 21.9 Å². The van der Waals surface area contributed by atoms with E-state index in [9.17, 15) is 12.8 Å². The fourth-order valence-electron chi connectivity index (χ4n) is 1.30. The molecule has 0 aliphatic rings. The van der Waals surface area contributed by atoms with Crippen molar-refractivity contribution in [2.75, 3.05) is 0 Å². The largest absolute Gasteiger partial charge is 0.241 e. The van der Waals surface area contributed by atoms with E-state index in [1.54, 1.807) is 19.9 Å². The fraction of sp³-hybridized carbons (Fsp3) is 0.333. The molecule has 0 amide bonds. The van der Waals surface area contributed by atoms with E-state index in [1.807, 2.05) is 6.07 Å². The van der Waals surface area contributed by atoms with Gasteiger partial charge in [0, 0.05) is 0 Å². The molecule has 0 heterocycles. The topological polar surface area (TPSA) is 93.8 Å². The molecular formula is C12H12FN3O2S. The van der Waals surface area contributed by atoms with Crippen molar-refractivity contribution in [2.24, 2.45) is 5.92 Å². The lowest BCUT2D eigenvalue weighted by atomic mass is 10.1. The molecule has 5 nitrogen and oxygen atoms in total. The van der Waals surface area contributed by atoms with Crippen LogP contribution in [0.25, 0.3) is 0 Å². The summed E-state index contributed by atoms with van der Waals surface area (Å²) in [5.74, 6) is -1.00. The molecule has 7 heteroatoms. The van der Waals surface area contributed by atoms with Gasteiger partial charge in [0.1, 0.15) is 17.9 Å². The van der Waals surface area contributed by atoms with Crippen LogP contribution in [0.15, 0.2) is 23.1 Å². The second-order valence-electron chi connectivity index (χ2n) is 4.23. The molecule has 0 aliphatic heterocycles. The van der Waals surface area contributed by atoms with Crippen molar-refractivity contribution >= 4 is 10.0 Å². The predicted molar refractivity (Wildman–Crippen MR) is 65.7 cm³/mol. The van der Waals surface area contributed by atoms with Crippen molar-refractivity contribution in [3.63, 3.8) is 0 Å². The highest BCUT2D eigenvalue weighted by molar-refractivity contribution is 7.89. The Hall–Kier alpha value is -1.96. The van der Waals surface area contributed by atoms with Crippen molar-refractivity contribution in [1.82, 2.24) is 4.72 Å². The van der Waals surface area contributed by atoms with Gasteiger partial charge in [-0.05, 0) is 24.1 Å². The molecule has 19 heavy (non-hydrogen) atoms. The lowest BCUT2D eigenvalue weighted by Crippen LogP contribution is -2.37. The minimum absolute atomic E-state index is 0.212. The van der Waals surface area contributed by atoms with Crippen molar-refractivity contribution in [1.29, 1.82) is 10.5 Å². The highest BCUT2D eigenvalue weighted by Gasteiger charge is 2.23. The fourth-order valence-corrected chi connectivity index (χ4v) is 2.62. The van der Waals surface area contributed by atoms with Crippen LogP contribution in [0.1, 0.15) is 19.4 Å². The van der Waals surface area contributed by atoms with Crippen molar-refractivity contribution in [3.8, 4) is 12.1 Å². The molecule has 0 bridgehead atoms. The quantitative estimate of drug-likeness (QED) is 0.905. The molecule has 100 valence electrons. The van der Waals surface area contributed by atoms with Crippen LogP contribution in [0.2, 0.25) is 0 Å². The average molecular weight is 281 g/mol. The van der Waals surface area contributed by atoms with Gasteiger partial charge in [0.2, 0.25) is 10.0 Å². The summed E-state index contributed by atoms with van der Waals surface area (Å²) in [6.07, 6.45) is 0. The highest BCUT2D eigenvalue weighted by atomic mass is 32.2. The Labute approximate surface area is 111 Å². The Morgan fingerprint density at radius 3 is 2.42 bits per heavy atom. The van der Waals surface area contributed by atoms with E-state index >= 15 is 0 Å². The van der Waals surface area contributed by atoms with Crippen LogP contribution in [-0.4, -0.2) is 14.5 Å². The van der Waals surface area contributed by atoms with Crippen molar-refractivity contribution in [3.05, 3.63) is 29.6 Å². The first-order valence-corrected chi connectivity index (χ1v) is 6.91. The van der Waals surface area contributed by atoms with E-state index in [0.717, 1.165) is 18.2 Å². The van der Waals surface area contributed by atoms with E-state index in [0.29, 0.717) is 0 Å². The second-order valence-corrected chi connectivity index (χ2v) is 5.94. The molecule has 1 aromatic carbocycles. The maximum absolute atomic E-state index is 13.1. The van der Waals surface area contributed by atoms with Crippen LogP contribution in [-0.2, 0) is 10.0 Å². The first-order valence-electron chi connectivity index (χ1n) is 5.43. The van der Waals surface area contributed by atoms with E-state index in [2.05, 4.69) is 4.72 Å². The minimum Gasteiger partial charge on any atom is -0.207 e. The third-order valence-electron chi connectivity index (χ3n) is 2.46. The van der Waals surface area contributed by atoms with Gasteiger partial charge in [-0.15, -0.1) is 0 Å². The van der Waals surface area contributed by atoms with Gasteiger partial charge in [-0.1, -0.05) is 13.8 Å². The first kappa shape index (κ1) is 15.1. The van der Waals surface area contributed by atoms with Crippen LogP contribution < -0.4 is 4.72 Å². The normalized spacial score (nSPS) is 12.7. The Morgan fingerprint density at radius 2 is 1.95 bits per heavy atom. The van der Waals surface area contributed by atoms with Crippen LogP contribution in [0.4, 0.5) is 4.39 Å². The molecule has 0 fully saturated rings. The molecule has 1 N–H and O–H groups in total. The zero-order valence-corrected chi connectivity index (χ0v) is 11.2. The number of nitrogens with one attached hydrogen (secondary N) is 1. The maximum atomic E-state index is 13.1. The standard InChI is InChI=1S/C12H12FN3O2S/c1-8(2)12(7-15)16-19(17,18)10-3-4-11(13)9(5-10)6-14/h3-5,8,12,16H,1-2H3. The van der Waals surface area contributed by atoms with Crippen molar-refractivity contribution < 1.29 is 12.8 Å². The molecule has 1 unspecified atom stereocenters. The number of halogens is 1. The van der Waals surface area contributed by atoms with Crippen molar-refractivity contribution in [2.45, 2.75) is 24.8 Å². The molecule has 0 aromatic heterocycles. The van der Waals surface area contributed by atoms with Gasteiger partial charge in [-0.25, -0.2) is 12.8 Å². The lowest BCUT2D eigenvalue weighted by Gasteiger charge is -2.15. The predicted octanol–water partition coefficient (Wildman–Crippen LogP) is 1.52. The Balaban J connectivity index is 3.16. The molecule has 0 radical (unpaired) electrons. The molecule has 0 saturated carbocycles. The number of nitriles is 2. The monoisotopic (exact) mass is 281 g/mol. The zero-order valence-electron chi connectivity index (χ0n) is 10.4. The molecule has 0 aliphatic carbocycles. The summed E-state index contributed by atoms with van der Waals surface area (Å²) < 4.78 is 39.3. The average Bonchev–Trinajstić information content (AvgIpc) is 2.36. The van der Waals surface area contributed by atoms with E-state index in [4.69, 9.17) is 10.5 Å². The molecule has 1 aromatic rings. The van der Waals surface area contributed by atoms with Gasteiger partial charge >= 0.3 is 0 Å². The zero-order chi connectivity index (χ0) is 14.6. The van der Waals surface area contributed by atoms with Crippen LogP contribution in [0.3, 0.4) is 0 Å². The molecule has 1 rings (SSSR count). The van der Waals surface area contributed by atoms with Gasteiger partial charge in [0.25, 0.3) is 0 Å². The van der Waals surface area contributed by atoms with Gasteiger partial charge < -0.3 is 0 Å². The van der Waals surface area contributed by atoms with Gasteiger partial charge in [0.05, 0.1) is 16.5 Å². The van der Waals surface area contributed by atoms with E-state index in [-0.39, 0.29) is 16.4 Å². The summed E-state index contributed by atoms with van der Waals surface area (Å²) in [6.45, 7) is 3.39. The summed E-state index contributed by atoms with van der Waals surface area (Å²) in [6, 6.07) is 5.41. The molecule has 0 saturated heterocycles. The third kappa shape index (κ3) is 3.50. The van der Waals surface area contributed by atoms with Gasteiger partial charge in [-0.2, -0.15) is 15.2 Å². The van der Waals surface area contributed by atoms with Crippen LogP contribution in [0, 0.1) is 34.4 Å². The highest BCUT2D eigenvalue weighted by Crippen LogP contribution is 2.15. The van der Waals surface area contributed by atoms with Crippen LogP contribution >= 0.6 is 0 Å². The summed E-state index contributed by atoms with van der Waals surface area (Å²) in [5.41, 5.74) is -0.360. The molecule has 0 spiro atoms. The van der Waals surface area contributed by atoms with Crippen LogP contribution in [0.5, 0.6) is 0 Å². The lowest BCUT2D eigenvalue weighted by molar-refractivity contribution is 0.515. The molecule has 1 atom stereocenters. The Bertz CT molecular complexity index is 657. The second kappa shape index (κ2) is 5.79. The van der Waals surface area contributed by atoms with Gasteiger partial charge in [-0.3, -0.25) is 0 Å². The Kier molecular flexibility index (Phi) is 4.60. The van der Waals surface area contributed by atoms with E-state index in [1.165, 1.54) is 0 Å². The first-order chi connectivity index (χ1) is 8.81. The maximum Gasteiger partial charge on any atom is 0.241 e. The third-order valence-corrected chi connectivity index (χ3v) is 3.90. The number of nitrogens with zero attached hydrogens (tertiary/aromatic N) is 2. The summed E-state index contributed by atoms with van der Waals surface area (Å²) >= 11 is 0. The molecular weight excluding hydrogens is 269 g/mol. The smallest absolute Gasteiger partial charge is 0.207 e.